The molecule has 0 bridgehead atoms. The summed E-state index contributed by atoms with van der Waals surface area (Å²) in [6.07, 6.45) is 0.836. The van der Waals surface area contributed by atoms with Crippen LogP contribution in [-0.4, -0.2) is 47.7 Å². The maximum atomic E-state index is 11.1. The third kappa shape index (κ3) is 3.33. The number of hydrogen-bond acceptors (Lipinski definition) is 4. The van der Waals surface area contributed by atoms with Gasteiger partial charge in [0.2, 0.25) is 0 Å². The average Bonchev–Trinajstić information content (AvgIpc) is 2.28. The summed E-state index contributed by atoms with van der Waals surface area (Å²) in [7, 11) is 0. The molecule has 0 radical (unpaired) electrons. The molecule has 80 valence electrons. The van der Waals surface area contributed by atoms with E-state index in [1.807, 2.05) is 11.8 Å². The van der Waals surface area contributed by atoms with Crippen LogP contribution in [0.3, 0.4) is 0 Å². The number of ether oxygens (including phenoxy) is 1. The van der Waals surface area contributed by atoms with Crippen LogP contribution < -0.4 is 0 Å². The van der Waals surface area contributed by atoms with Gasteiger partial charge in [0.1, 0.15) is 0 Å². The number of cyclic esters (lactones) is 1. The number of carbonyl (C=O) groups is 2. The van der Waals surface area contributed by atoms with Crippen molar-refractivity contribution in [3.05, 3.63) is 0 Å². The van der Waals surface area contributed by atoms with Gasteiger partial charge < -0.3 is 9.84 Å². The molecule has 1 atom stereocenters. The largest absolute Gasteiger partial charge is 0.481 e. The van der Waals surface area contributed by atoms with Gasteiger partial charge in [-0.25, -0.2) is 0 Å². The fourth-order valence-electron chi connectivity index (χ4n) is 1.50. The molecule has 1 saturated heterocycles. The molecule has 0 amide bonds. The Morgan fingerprint density at radius 3 is 3.07 bits per heavy atom. The van der Waals surface area contributed by atoms with Crippen LogP contribution in [0, 0.1) is 0 Å². The molecule has 1 rings (SSSR count). The van der Waals surface area contributed by atoms with Gasteiger partial charge in [0.25, 0.3) is 0 Å². The van der Waals surface area contributed by atoms with Crippen molar-refractivity contribution in [3.8, 4) is 0 Å². The van der Waals surface area contributed by atoms with Gasteiger partial charge in [-0.05, 0) is 13.3 Å². The zero-order valence-corrected chi connectivity index (χ0v) is 8.23. The summed E-state index contributed by atoms with van der Waals surface area (Å²) in [6, 6.07) is -0.113. The Hall–Kier alpha value is -1.10. The minimum absolute atomic E-state index is 0.0628. The normalized spacial score (nSPS) is 21.1. The van der Waals surface area contributed by atoms with E-state index < -0.39 is 5.97 Å². The standard InChI is InChI=1S/C9H15NO4/c1-7(5-8(11)12)10-3-2-4-14-9(13)6-10/h7H,2-6H2,1H3,(H,11,12). The summed E-state index contributed by atoms with van der Waals surface area (Å²) in [6.45, 7) is 3.18. The lowest BCUT2D eigenvalue weighted by atomic mass is 10.2. The van der Waals surface area contributed by atoms with Crippen molar-refractivity contribution in [3.63, 3.8) is 0 Å². The zero-order chi connectivity index (χ0) is 10.6. The van der Waals surface area contributed by atoms with Crippen LogP contribution in [0.5, 0.6) is 0 Å². The van der Waals surface area contributed by atoms with Gasteiger partial charge in [-0.3, -0.25) is 14.5 Å². The van der Waals surface area contributed by atoms with E-state index in [2.05, 4.69) is 0 Å². The number of hydrogen-bond donors (Lipinski definition) is 1. The zero-order valence-electron chi connectivity index (χ0n) is 8.23. The number of carboxylic acid groups (broad SMARTS) is 1. The van der Waals surface area contributed by atoms with Crippen LogP contribution in [0.2, 0.25) is 0 Å². The van der Waals surface area contributed by atoms with Crippen LogP contribution in [0.25, 0.3) is 0 Å². The van der Waals surface area contributed by atoms with E-state index in [-0.39, 0.29) is 25.0 Å². The number of carboxylic acids is 1. The number of aliphatic carboxylic acids is 1. The number of carbonyl (C=O) groups excluding carboxylic acids is 1. The quantitative estimate of drug-likeness (QED) is 0.656. The first-order chi connectivity index (χ1) is 6.59. The summed E-state index contributed by atoms with van der Waals surface area (Å²) >= 11 is 0. The van der Waals surface area contributed by atoms with E-state index in [1.54, 1.807) is 0 Å². The molecule has 1 N–H and O–H groups in total. The smallest absolute Gasteiger partial charge is 0.320 e. The van der Waals surface area contributed by atoms with Gasteiger partial charge in [-0.15, -0.1) is 0 Å². The molecule has 0 saturated carbocycles. The summed E-state index contributed by atoms with van der Waals surface area (Å²) in [5.41, 5.74) is 0. The van der Waals surface area contributed by atoms with E-state index in [4.69, 9.17) is 9.84 Å². The van der Waals surface area contributed by atoms with Crippen LogP contribution in [0.1, 0.15) is 19.8 Å². The Balaban J connectivity index is 2.47. The lowest BCUT2D eigenvalue weighted by molar-refractivity contribution is -0.144. The second-order valence-electron chi connectivity index (χ2n) is 3.49. The van der Waals surface area contributed by atoms with E-state index in [1.165, 1.54) is 0 Å². The first-order valence-electron chi connectivity index (χ1n) is 4.71. The Bertz CT molecular complexity index is 229. The van der Waals surface area contributed by atoms with Crippen molar-refractivity contribution in [2.24, 2.45) is 0 Å². The molecule has 0 aliphatic carbocycles. The number of esters is 1. The first kappa shape index (κ1) is 11.0. The van der Waals surface area contributed by atoms with Crippen molar-refractivity contribution in [2.45, 2.75) is 25.8 Å². The third-order valence-corrected chi connectivity index (χ3v) is 2.28. The molecule has 5 heteroatoms. The van der Waals surface area contributed by atoms with Crippen molar-refractivity contribution in [1.82, 2.24) is 4.90 Å². The topological polar surface area (TPSA) is 66.8 Å². The Labute approximate surface area is 82.6 Å². The molecule has 1 unspecified atom stereocenters. The molecule has 1 heterocycles. The summed E-state index contributed by atoms with van der Waals surface area (Å²) in [4.78, 5) is 23.4. The monoisotopic (exact) mass is 201 g/mol. The summed E-state index contributed by atoms with van der Waals surface area (Å²) in [5, 5.41) is 8.61. The van der Waals surface area contributed by atoms with E-state index in [0.717, 1.165) is 13.0 Å². The van der Waals surface area contributed by atoms with Crippen molar-refractivity contribution < 1.29 is 19.4 Å². The molecular weight excluding hydrogens is 186 g/mol. The molecule has 0 aromatic heterocycles. The molecular formula is C9H15NO4. The summed E-state index contributed by atoms with van der Waals surface area (Å²) < 4.78 is 4.86. The van der Waals surface area contributed by atoms with E-state index in [9.17, 15) is 9.59 Å². The van der Waals surface area contributed by atoms with Gasteiger partial charge in [0.15, 0.2) is 0 Å². The fraction of sp³-hybridized carbons (Fsp3) is 0.778. The highest BCUT2D eigenvalue weighted by Crippen LogP contribution is 2.08. The van der Waals surface area contributed by atoms with Gasteiger partial charge in [0.05, 0.1) is 19.6 Å². The number of nitrogens with zero attached hydrogens (tertiary/aromatic N) is 1. The third-order valence-electron chi connectivity index (χ3n) is 2.28. The van der Waals surface area contributed by atoms with Crippen molar-refractivity contribution in [2.75, 3.05) is 19.7 Å². The van der Waals surface area contributed by atoms with Crippen LogP contribution >= 0.6 is 0 Å². The Morgan fingerprint density at radius 1 is 1.71 bits per heavy atom. The molecule has 0 aromatic rings. The van der Waals surface area contributed by atoms with Crippen molar-refractivity contribution in [1.29, 1.82) is 0 Å². The maximum Gasteiger partial charge on any atom is 0.320 e. The van der Waals surface area contributed by atoms with Crippen LogP contribution in [-0.2, 0) is 14.3 Å². The SMILES string of the molecule is CC(CC(=O)O)N1CCCOC(=O)C1. The molecule has 5 nitrogen and oxygen atoms in total. The molecule has 0 spiro atoms. The second kappa shape index (κ2) is 4.95. The minimum atomic E-state index is -0.838. The molecule has 0 aromatic carbocycles. The highest BCUT2D eigenvalue weighted by Gasteiger charge is 2.22. The lowest BCUT2D eigenvalue weighted by Crippen LogP contribution is -2.38. The second-order valence-corrected chi connectivity index (χ2v) is 3.49. The molecule has 1 fully saturated rings. The highest BCUT2D eigenvalue weighted by molar-refractivity contribution is 5.72. The Morgan fingerprint density at radius 2 is 2.43 bits per heavy atom. The molecule has 1 aliphatic rings. The molecule has 14 heavy (non-hydrogen) atoms. The lowest BCUT2D eigenvalue weighted by Gasteiger charge is -2.24. The van der Waals surface area contributed by atoms with Gasteiger partial charge >= 0.3 is 11.9 Å². The van der Waals surface area contributed by atoms with Crippen molar-refractivity contribution >= 4 is 11.9 Å². The molecule has 1 aliphatic heterocycles. The average molecular weight is 201 g/mol. The van der Waals surface area contributed by atoms with Gasteiger partial charge in [-0.1, -0.05) is 0 Å². The number of rotatable bonds is 3. The van der Waals surface area contributed by atoms with Gasteiger partial charge in [-0.2, -0.15) is 0 Å². The highest BCUT2D eigenvalue weighted by atomic mass is 16.5. The fourth-order valence-corrected chi connectivity index (χ4v) is 1.50. The minimum Gasteiger partial charge on any atom is -0.481 e. The summed E-state index contributed by atoms with van der Waals surface area (Å²) in [5.74, 6) is -1.10. The van der Waals surface area contributed by atoms with E-state index >= 15 is 0 Å². The first-order valence-corrected chi connectivity index (χ1v) is 4.71. The predicted octanol–water partition coefficient (Wildman–Crippen LogP) is 0.0985. The van der Waals surface area contributed by atoms with E-state index in [0.29, 0.717) is 6.61 Å². The Kier molecular flexibility index (Phi) is 3.88. The van der Waals surface area contributed by atoms with Crippen LogP contribution in [0.15, 0.2) is 0 Å². The predicted molar refractivity (Wildman–Crippen MR) is 48.9 cm³/mol. The maximum absolute atomic E-state index is 11.1. The van der Waals surface area contributed by atoms with Crippen LogP contribution in [0.4, 0.5) is 0 Å². The van der Waals surface area contributed by atoms with Gasteiger partial charge in [0, 0.05) is 12.6 Å².